The van der Waals surface area contributed by atoms with Gasteiger partial charge in [-0.2, -0.15) is 0 Å². The highest BCUT2D eigenvalue weighted by molar-refractivity contribution is 7.86. The molecule has 2 aliphatic heterocycles. The predicted molar refractivity (Wildman–Crippen MR) is 109 cm³/mol. The second-order valence-corrected chi connectivity index (χ2v) is 9.38. The van der Waals surface area contributed by atoms with E-state index in [0.717, 1.165) is 11.3 Å². The molecule has 6 rings (SSSR count). The molecule has 1 atom stereocenters. The molecule has 0 amide bonds. The Kier molecular flexibility index (Phi) is 3.12. The number of pyridine rings is 1. The van der Waals surface area contributed by atoms with E-state index in [2.05, 4.69) is 4.98 Å². The number of hydrogen-bond acceptors (Lipinski definition) is 4. The SMILES string of the molecule is O=P12c3ccccc3Oc3ccc(-c4ccccn4)c(c31)Oc1ccccc12. The summed E-state index contributed by atoms with van der Waals surface area (Å²) in [7, 11) is -3.14. The lowest BCUT2D eigenvalue weighted by Crippen LogP contribution is -2.35. The topological polar surface area (TPSA) is 48.4 Å². The maximum absolute atomic E-state index is 14.7. The fourth-order valence-electron chi connectivity index (χ4n) is 3.97. The van der Waals surface area contributed by atoms with Gasteiger partial charge in [-0.3, -0.25) is 4.98 Å². The van der Waals surface area contributed by atoms with E-state index in [9.17, 15) is 4.57 Å². The van der Waals surface area contributed by atoms with Gasteiger partial charge in [-0.15, -0.1) is 0 Å². The van der Waals surface area contributed by atoms with E-state index >= 15 is 0 Å². The molecule has 0 saturated carbocycles. The highest BCUT2D eigenvalue weighted by Gasteiger charge is 2.47. The van der Waals surface area contributed by atoms with E-state index in [-0.39, 0.29) is 0 Å². The average molecular weight is 383 g/mol. The maximum atomic E-state index is 14.7. The fourth-order valence-corrected chi connectivity index (χ4v) is 7.04. The van der Waals surface area contributed by atoms with Gasteiger partial charge in [0.2, 0.25) is 0 Å². The van der Waals surface area contributed by atoms with Crippen LogP contribution in [-0.2, 0) is 4.57 Å². The number of ether oxygens (including phenoxy) is 2. The quantitative estimate of drug-likeness (QED) is 0.390. The summed E-state index contributed by atoms with van der Waals surface area (Å²) in [6.45, 7) is 0. The van der Waals surface area contributed by atoms with Crippen LogP contribution in [0.5, 0.6) is 23.0 Å². The molecule has 1 aromatic heterocycles. The van der Waals surface area contributed by atoms with Crippen molar-refractivity contribution in [1.82, 2.24) is 4.98 Å². The molecular weight excluding hydrogens is 369 g/mol. The van der Waals surface area contributed by atoms with Crippen molar-refractivity contribution < 1.29 is 14.0 Å². The molecular formula is C23H14NO3P. The number of benzene rings is 3. The van der Waals surface area contributed by atoms with Crippen LogP contribution in [0.3, 0.4) is 0 Å². The van der Waals surface area contributed by atoms with Gasteiger partial charge < -0.3 is 14.0 Å². The molecule has 3 aromatic carbocycles. The largest absolute Gasteiger partial charge is 0.456 e. The summed E-state index contributed by atoms with van der Waals surface area (Å²) in [6, 6.07) is 24.6. The number of fused-ring (bicyclic) bond motifs is 4. The van der Waals surface area contributed by atoms with Crippen LogP contribution < -0.4 is 25.4 Å². The minimum absolute atomic E-state index is 0.563. The molecule has 0 fully saturated rings. The molecule has 5 heteroatoms. The van der Waals surface area contributed by atoms with Gasteiger partial charge in [0.25, 0.3) is 0 Å². The number of aromatic nitrogens is 1. The standard InChI is InChI=1S/C23H14NO3P/c25-28-20-10-3-1-8-17(20)26-19-13-12-15(16-7-5-6-14-24-16)22(23(19)28)27-18-9-2-4-11-21(18)28/h1-14H. The Hall–Kier alpha value is -3.36. The van der Waals surface area contributed by atoms with Crippen LogP contribution in [-0.4, -0.2) is 4.98 Å². The Morgan fingerprint density at radius 2 is 1.36 bits per heavy atom. The molecule has 0 bridgehead atoms. The van der Waals surface area contributed by atoms with Gasteiger partial charge in [0.15, 0.2) is 12.9 Å². The molecule has 4 nitrogen and oxygen atoms in total. The molecule has 0 saturated heterocycles. The normalized spacial score (nSPS) is 18.1. The molecule has 0 radical (unpaired) electrons. The van der Waals surface area contributed by atoms with Gasteiger partial charge in [-0.1, -0.05) is 30.3 Å². The second-order valence-electron chi connectivity index (χ2n) is 6.75. The van der Waals surface area contributed by atoms with E-state index < -0.39 is 7.14 Å². The van der Waals surface area contributed by atoms with Gasteiger partial charge in [0, 0.05) is 11.8 Å². The van der Waals surface area contributed by atoms with E-state index in [4.69, 9.17) is 9.47 Å². The van der Waals surface area contributed by atoms with Gasteiger partial charge in [0.1, 0.15) is 22.6 Å². The van der Waals surface area contributed by atoms with Crippen LogP contribution in [0.1, 0.15) is 0 Å². The van der Waals surface area contributed by atoms with Gasteiger partial charge in [-0.25, -0.2) is 0 Å². The Labute approximate surface area is 161 Å². The number of hydrogen-bond donors (Lipinski definition) is 0. The third kappa shape index (κ3) is 1.96. The minimum Gasteiger partial charge on any atom is -0.456 e. The van der Waals surface area contributed by atoms with Crippen molar-refractivity contribution in [3.8, 4) is 34.3 Å². The van der Waals surface area contributed by atoms with Crippen molar-refractivity contribution in [3.05, 3.63) is 85.1 Å². The first-order valence-electron chi connectivity index (χ1n) is 9.01. The van der Waals surface area contributed by atoms with Crippen molar-refractivity contribution in [2.24, 2.45) is 0 Å². The third-order valence-electron chi connectivity index (χ3n) is 5.19. The number of nitrogens with zero attached hydrogens (tertiary/aromatic N) is 1. The number of rotatable bonds is 1. The lowest BCUT2D eigenvalue weighted by Gasteiger charge is -2.35. The zero-order chi connectivity index (χ0) is 18.7. The summed E-state index contributed by atoms with van der Waals surface area (Å²) >= 11 is 0. The molecule has 3 heterocycles. The average Bonchev–Trinajstić information content (AvgIpc) is 2.75. The van der Waals surface area contributed by atoms with Crippen molar-refractivity contribution in [1.29, 1.82) is 0 Å². The maximum Gasteiger partial charge on any atom is 0.185 e. The zero-order valence-corrected chi connectivity index (χ0v) is 15.6. The van der Waals surface area contributed by atoms with Gasteiger partial charge >= 0.3 is 0 Å². The van der Waals surface area contributed by atoms with Gasteiger partial charge in [0.05, 0.1) is 16.3 Å². The molecule has 134 valence electrons. The summed E-state index contributed by atoms with van der Waals surface area (Å²) in [6.07, 6.45) is 1.74. The van der Waals surface area contributed by atoms with Crippen molar-refractivity contribution in [3.63, 3.8) is 0 Å². The Bertz CT molecular complexity index is 1290. The molecule has 4 aromatic rings. The van der Waals surface area contributed by atoms with Crippen LogP contribution in [0.25, 0.3) is 11.3 Å². The van der Waals surface area contributed by atoms with Crippen LogP contribution in [0.2, 0.25) is 0 Å². The smallest absolute Gasteiger partial charge is 0.185 e. The van der Waals surface area contributed by atoms with E-state index in [1.54, 1.807) is 6.20 Å². The summed E-state index contributed by atoms with van der Waals surface area (Å²) in [5.41, 5.74) is 1.57. The molecule has 0 aliphatic carbocycles. The van der Waals surface area contributed by atoms with Crippen LogP contribution in [0, 0.1) is 0 Å². The van der Waals surface area contributed by atoms with E-state index in [0.29, 0.717) is 38.9 Å². The Morgan fingerprint density at radius 1 is 0.679 bits per heavy atom. The Morgan fingerprint density at radius 3 is 2.07 bits per heavy atom. The lowest BCUT2D eigenvalue weighted by atomic mass is 10.1. The van der Waals surface area contributed by atoms with Crippen molar-refractivity contribution in [2.45, 2.75) is 0 Å². The van der Waals surface area contributed by atoms with Crippen LogP contribution in [0.4, 0.5) is 0 Å². The van der Waals surface area contributed by atoms with Gasteiger partial charge in [-0.05, 0) is 48.5 Å². The summed E-state index contributed by atoms with van der Waals surface area (Å²) < 4.78 is 27.2. The third-order valence-corrected chi connectivity index (χ3v) is 8.34. The van der Waals surface area contributed by atoms with Crippen LogP contribution in [0.15, 0.2) is 85.1 Å². The first-order chi connectivity index (χ1) is 13.8. The molecule has 28 heavy (non-hydrogen) atoms. The number of para-hydroxylation sites is 2. The monoisotopic (exact) mass is 383 g/mol. The molecule has 0 spiro atoms. The lowest BCUT2D eigenvalue weighted by molar-refractivity contribution is 0.462. The minimum atomic E-state index is -3.14. The van der Waals surface area contributed by atoms with Crippen molar-refractivity contribution >= 4 is 23.1 Å². The van der Waals surface area contributed by atoms with Crippen LogP contribution >= 0.6 is 7.14 Å². The fraction of sp³-hybridized carbons (Fsp3) is 0. The molecule has 0 N–H and O–H groups in total. The first kappa shape index (κ1) is 15.7. The summed E-state index contributed by atoms with van der Waals surface area (Å²) in [5, 5.41) is 2.03. The van der Waals surface area contributed by atoms with E-state index in [1.165, 1.54) is 0 Å². The Balaban J connectivity index is 1.75. The zero-order valence-electron chi connectivity index (χ0n) is 14.7. The summed E-state index contributed by atoms with van der Waals surface area (Å²) in [4.78, 5) is 4.47. The molecule has 1 unspecified atom stereocenters. The predicted octanol–water partition coefficient (Wildman–Crippen LogP) is 4.60. The molecule has 2 aliphatic rings. The highest BCUT2D eigenvalue weighted by Crippen LogP contribution is 2.59. The summed E-state index contributed by atoms with van der Waals surface area (Å²) in [5.74, 6) is 2.38. The second kappa shape index (κ2) is 5.57. The first-order valence-corrected chi connectivity index (χ1v) is 10.7. The highest BCUT2D eigenvalue weighted by atomic mass is 31.2. The van der Waals surface area contributed by atoms with Crippen molar-refractivity contribution in [2.75, 3.05) is 0 Å². The van der Waals surface area contributed by atoms with E-state index in [1.807, 2.05) is 78.9 Å².